The quantitative estimate of drug-likeness (QED) is 0.822. The van der Waals surface area contributed by atoms with Crippen LogP contribution in [0.25, 0.3) is 0 Å². The molecule has 1 aromatic carbocycles. The number of hydrogen-bond donors (Lipinski definition) is 1. The standard InChI is InChI=1S/C14H18N2O2/c1-10-7-11(8-17)3-4-12(10)16-6-5-14(2,9-16)13(15)18/h3-4,7-8H,5-6,9H2,1-2H3,(H2,15,18). The molecule has 1 aliphatic heterocycles. The van der Waals surface area contributed by atoms with Crippen LogP contribution >= 0.6 is 0 Å². The van der Waals surface area contributed by atoms with E-state index in [1.54, 1.807) is 6.07 Å². The smallest absolute Gasteiger partial charge is 0.225 e. The molecule has 2 rings (SSSR count). The van der Waals surface area contributed by atoms with Gasteiger partial charge >= 0.3 is 0 Å². The molecule has 0 bridgehead atoms. The fraction of sp³-hybridized carbons (Fsp3) is 0.429. The lowest BCUT2D eigenvalue weighted by Gasteiger charge is -2.24. The minimum Gasteiger partial charge on any atom is -0.370 e. The zero-order valence-electron chi connectivity index (χ0n) is 10.8. The van der Waals surface area contributed by atoms with Gasteiger partial charge in [0.25, 0.3) is 0 Å². The zero-order chi connectivity index (χ0) is 13.3. The van der Waals surface area contributed by atoms with Gasteiger partial charge in [0.05, 0.1) is 5.41 Å². The third-order valence-corrected chi connectivity index (χ3v) is 3.77. The second kappa shape index (κ2) is 4.44. The number of nitrogens with zero attached hydrogens (tertiary/aromatic N) is 1. The molecular weight excluding hydrogens is 228 g/mol. The molecule has 1 heterocycles. The Morgan fingerprint density at radius 2 is 2.22 bits per heavy atom. The predicted octanol–water partition coefficient (Wildman–Crippen LogP) is 1.51. The Bertz CT molecular complexity index is 499. The van der Waals surface area contributed by atoms with Crippen molar-refractivity contribution in [3.05, 3.63) is 29.3 Å². The summed E-state index contributed by atoms with van der Waals surface area (Å²) in [5, 5.41) is 0. The topological polar surface area (TPSA) is 63.4 Å². The van der Waals surface area contributed by atoms with Gasteiger partial charge in [0.15, 0.2) is 0 Å². The van der Waals surface area contributed by atoms with E-state index in [-0.39, 0.29) is 5.91 Å². The SMILES string of the molecule is Cc1cc(C=O)ccc1N1CCC(C)(C(N)=O)C1. The van der Waals surface area contributed by atoms with E-state index in [1.165, 1.54) is 0 Å². The van der Waals surface area contributed by atoms with E-state index in [2.05, 4.69) is 4.90 Å². The minimum absolute atomic E-state index is 0.243. The third kappa shape index (κ3) is 2.10. The van der Waals surface area contributed by atoms with Crippen LogP contribution in [0.3, 0.4) is 0 Å². The maximum absolute atomic E-state index is 11.4. The van der Waals surface area contributed by atoms with Crippen molar-refractivity contribution in [1.29, 1.82) is 0 Å². The molecule has 1 aromatic rings. The summed E-state index contributed by atoms with van der Waals surface area (Å²) in [6.07, 6.45) is 1.62. The Balaban J connectivity index is 2.24. The van der Waals surface area contributed by atoms with Gasteiger partial charge < -0.3 is 10.6 Å². The van der Waals surface area contributed by atoms with E-state index < -0.39 is 5.41 Å². The van der Waals surface area contributed by atoms with Crippen molar-refractivity contribution in [2.75, 3.05) is 18.0 Å². The fourth-order valence-corrected chi connectivity index (χ4v) is 2.47. The van der Waals surface area contributed by atoms with Crippen LogP contribution in [0.15, 0.2) is 18.2 Å². The lowest BCUT2D eigenvalue weighted by molar-refractivity contribution is -0.125. The molecule has 1 unspecified atom stereocenters. The molecule has 4 heteroatoms. The van der Waals surface area contributed by atoms with Crippen molar-refractivity contribution in [3.63, 3.8) is 0 Å². The summed E-state index contributed by atoms with van der Waals surface area (Å²) in [4.78, 5) is 24.3. The first-order valence-corrected chi connectivity index (χ1v) is 6.07. The van der Waals surface area contributed by atoms with Crippen LogP contribution in [-0.2, 0) is 4.79 Å². The number of rotatable bonds is 3. The highest BCUT2D eigenvalue weighted by Gasteiger charge is 2.39. The highest BCUT2D eigenvalue weighted by Crippen LogP contribution is 2.34. The Kier molecular flexibility index (Phi) is 3.11. The highest BCUT2D eigenvalue weighted by molar-refractivity contribution is 5.82. The van der Waals surface area contributed by atoms with Gasteiger partial charge in [-0.3, -0.25) is 9.59 Å². The molecule has 96 valence electrons. The first-order valence-electron chi connectivity index (χ1n) is 6.07. The molecule has 1 atom stereocenters. The Morgan fingerprint density at radius 3 is 2.72 bits per heavy atom. The number of aryl methyl sites for hydroxylation is 1. The van der Waals surface area contributed by atoms with E-state index >= 15 is 0 Å². The molecule has 1 fully saturated rings. The average Bonchev–Trinajstić information content (AvgIpc) is 2.73. The first kappa shape index (κ1) is 12.6. The highest BCUT2D eigenvalue weighted by atomic mass is 16.1. The summed E-state index contributed by atoms with van der Waals surface area (Å²) < 4.78 is 0. The van der Waals surface area contributed by atoms with Gasteiger partial charge in [-0.15, -0.1) is 0 Å². The Morgan fingerprint density at radius 1 is 1.50 bits per heavy atom. The number of aldehydes is 1. The average molecular weight is 246 g/mol. The van der Waals surface area contributed by atoms with Crippen LogP contribution in [-0.4, -0.2) is 25.3 Å². The van der Waals surface area contributed by atoms with Gasteiger partial charge in [-0.25, -0.2) is 0 Å². The maximum atomic E-state index is 11.4. The van der Waals surface area contributed by atoms with Crippen LogP contribution < -0.4 is 10.6 Å². The van der Waals surface area contributed by atoms with Crippen molar-refractivity contribution in [2.24, 2.45) is 11.1 Å². The lowest BCUT2D eigenvalue weighted by atomic mass is 9.89. The van der Waals surface area contributed by atoms with Crippen LogP contribution in [0, 0.1) is 12.3 Å². The van der Waals surface area contributed by atoms with Gasteiger partial charge in [-0.05, 0) is 44.0 Å². The number of anilines is 1. The van der Waals surface area contributed by atoms with Crippen LogP contribution in [0.5, 0.6) is 0 Å². The fourth-order valence-electron chi connectivity index (χ4n) is 2.47. The van der Waals surface area contributed by atoms with E-state index in [9.17, 15) is 9.59 Å². The van der Waals surface area contributed by atoms with Gasteiger partial charge in [0.2, 0.25) is 5.91 Å². The number of primary amides is 1. The van der Waals surface area contributed by atoms with Gasteiger partial charge in [0.1, 0.15) is 6.29 Å². The Hall–Kier alpha value is -1.84. The van der Waals surface area contributed by atoms with Crippen molar-refractivity contribution >= 4 is 17.9 Å². The summed E-state index contributed by atoms with van der Waals surface area (Å²) in [5.41, 5.74) is 7.79. The van der Waals surface area contributed by atoms with Gasteiger partial charge in [-0.1, -0.05) is 0 Å². The van der Waals surface area contributed by atoms with Gasteiger partial charge in [0, 0.05) is 24.3 Å². The number of carbonyl (C=O) groups excluding carboxylic acids is 2. The largest absolute Gasteiger partial charge is 0.370 e. The number of amides is 1. The summed E-state index contributed by atoms with van der Waals surface area (Å²) >= 11 is 0. The van der Waals surface area contributed by atoms with Crippen molar-refractivity contribution in [3.8, 4) is 0 Å². The summed E-state index contributed by atoms with van der Waals surface area (Å²) in [6, 6.07) is 5.60. The minimum atomic E-state index is -0.449. The number of carbonyl (C=O) groups is 2. The molecule has 18 heavy (non-hydrogen) atoms. The molecule has 0 saturated carbocycles. The van der Waals surface area contributed by atoms with Crippen molar-refractivity contribution in [2.45, 2.75) is 20.3 Å². The molecule has 1 aliphatic rings. The molecule has 1 saturated heterocycles. The molecule has 0 spiro atoms. The summed E-state index contributed by atoms with van der Waals surface area (Å²) in [6.45, 7) is 5.34. The second-order valence-electron chi connectivity index (χ2n) is 5.26. The molecule has 0 aliphatic carbocycles. The van der Waals surface area contributed by atoms with Crippen LogP contribution in [0.1, 0.15) is 29.3 Å². The molecule has 0 radical (unpaired) electrons. The maximum Gasteiger partial charge on any atom is 0.225 e. The zero-order valence-corrected chi connectivity index (χ0v) is 10.8. The van der Waals surface area contributed by atoms with Crippen molar-refractivity contribution < 1.29 is 9.59 Å². The Labute approximate surface area is 107 Å². The van der Waals surface area contributed by atoms with Gasteiger partial charge in [-0.2, -0.15) is 0 Å². The molecule has 1 amide bonds. The normalized spacial score (nSPS) is 23.1. The number of benzene rings is 1. The molecular formula is C14H18N2O2. The molecule has 2 N–H and O–H groups in total. The van der Waals surface area contributed by atoms with Crippen LogP contribution in [0.4, 0.5) is 5.69 Å². The second-order valence-corrected chi connectivity index (χ2v) is 5.26. The number of nitrogens with two attached hydrogens (primary N) is 1. The third-order valence-electron chi connectivity index (χ3n) is 3.77. The first-order chi connectivity index (χ1) is 8.46. The summed E-state index contributed by atoms with van der Waals surface area (Å²) in [5.74, 6) is -0.243. The molecule has 0 aromatic heterocycles. The van der Waals surface area contributed by atoms with Crippen molar-refractivity contribution in [1.82, 2.24) is 0 Å². The predicted molar refractivity (Wildman–Crippen MR) is 70.7 cm³/mol. The monoisotopic (exact) mass is 246 g/mol. The van der Waals surface area contributed by atoms with E-state index in [4.69, 9.17) is 5.73 Å². The van der Waals surface area contributed by atoms with E-state index in [0.29, 0.717) is 12.1 Å². The lowest BCUT2D eigenvalue weighted by Crippen LogP contribution is -2.37. The summed E-state index contributed by atoms with van der Waals surface area (Å²) in [7, 11) is 0. The van der Waals surface area contributed by atoms with E-state index in [0.717, 1.165) is 30.5 Å². The van der Waals surface area contributed by atoms with Crippen LogP contribution in [0.2, 0.25) is 0 Å². The van der Waals surface area contributed by atoms with E-state index in [1.807, 2.05) is 26.0 Å². The molecule has 4 nitrogen and oxygen atoms in total. The number of hydrogen-bond acceptors (Lipinski definition) is 3.